The van der Waals surface area contributed by atoms with E-state index in [0.717, 1.165) is 21.9 Å². The number of benzene rings is 8. The maximum Gasteiger partial charge on any atom is 0.137 e. The molecule has 0 radical (unpaired) electrons. The van der Waals surface area contributed by atoms with Crippen molar-refractivity contribution < 1.29 is 30.8 Å². The molecule has 0 atom stereocenters. The molecule has 10 aromatic rings. The van der Waals surface area contributed by atoms with Gasteiger partial charge in [-0.15, -0.1) is 0 Å². The molecule has 0 fully saturated rings. The van der Waals surface area contributed by atoms with Gasteiger partial charge in [0.05, 0.1) is 33.6 Å². The Morgan fingerprint density at radius 3 is 2.14 bits per heavy atom. The molecule has 0 spiro atoms. The summed E-state index contributed by atoms with van der Waals surface area (Å²) in [5.74, 6) is 1.27. The van der Waals surface area contributed by atoms with Crippen molar-refractivity contribution in [1.82, 2.24) is 9.55 Å². The smallest absolute Gasteiger partial charge is 0.137 e. The Hall–Kier alpha value is -7.89. The van der Waals surface area contributed by atoms with Crippen LogP contribution in [0.15, 0.2) is 200 Å². The fraction of sp³-hybridized carbons (Fsp3) is 0.117. The van der Waals surface area contributed by atoms with Crippen LogP contribution in [0.4, 0.5) is 22.7 Å². The average Bonchev–Trinajstić information content (AvgIpc) is 0.927. The van der Waals surface area contributed by atoms with E-state index in [1.807, 2.05) is 117 Å². The number of hydrogen-bond donors (Lipinski definition) is 0. The molecule has 8 aromatic carbocycles. The van der Waals surface area contributed by atoms with Crippen LogP contribution in [0.2, 0.25) is 0 Å². The summed E-state index contributed by atoms with van der Waals surface area (Å²) < 4.78 is 173. The molecule has 0 amide bonds. The molecule has 316 valence electrons. The van der Waals surface area contributed by atoms with Crippen molar-refractivity contribution in [2.45, 2.75) is 39.7 Å². The first-order chi connectivity index (χ1) is 39.5. The van der Waals surface area contributed by atoms with E-state index in [-0.39, 0.29) is 40.2 Å². The number of nitrogens with zero attached hydrogens (tertiary/aromatic N) is 4. The monoisotopic (exact) mass is 862 g/mol. The Bertz CT molecular complexity index is 4160. The van der Waals surface area contributed by atoms with Gasteiger partial charge < -0.3 is 14.5 Å². The summed E-state index contributed by atoms with van der Waals surface area (Å²) in [7, 11) is 0. The van der Waals surface area contributed by atoms with Gasteiger partial charge in [-0.1, -0.05) is 148 Å². The van der Waals surface area contributed by atoms with Crippen molar-refractivity contribution in [1.29, 1.82) is 0 Å². The van der Waals surface area contributed by atoms with Crippen LogP contribution in [0.1, 0.15) is 63.3 Å². The lowest BCUT2D eigenvalue weighted by atomic mass is 9.85. The molecule has 3 heterocycles. The first-order valence-corrected chi connectivity index (χ1v) is 20.9. The summed E-state index contributed by atoms with van der Waals surface area (Å²) in [5.41, 5.74) is -0.286. The molecule has 5 nitrogen and oxygen atoms in total. The second-order valence-corrected chi connectivity index (χ2v) is 15.8. The molecule has 1 aliphatic rings. The van der Waals surface area contributed by atoms with Crippen LogP contribution in [0.25, 0.3) is 61.0 Å². The molecule has 11 rings (SSSR count). The third kappa shape index (κ3) is 7.29. The summed E-state index contributed by atoms with van der Waals surface area (Å²) in [6.45, 7) is -16.9. The van der Waals surface area contributed by atoms with Gasteiger partial charge >= 0.3 is 0 Å². The number of anilines is 4. The first kappa shape index (κ1) is 24.2. The van der Waals surface area contributed by atoms with Gasteiger partial charge in [-0.2, -0.15) is 0 Å². The van der Waals surface area contributed by atoms with Crippen molar-refractivity contribution in [2.75, 3.05) is 16.5 Å². The van der Waals surface area contributed by atoms with E-state index in [1.54, 1.807) is 54.6 Å². The van der Waals surface area contributed by atoms with Crippen LogP contribution in [-0.2, 0) is 5.41 Å². The topological polar surface area (TPSA) is 33.5 Å². The number of rotatable bonds is 8. The van der Waals surface area contributed by atoms with Crippen molar-refractivity contribution in [3.05, 3.63) is 217 Å². The highest BCUT2D eigenvalue weighted by Gasteiger charge is 2.32. The second-order valence-electron chi connectivity index (χ2n) is 15.8. The van der Waals surface area contributed by atoms with Crippen LogP contribution in [0.5, 0.6) is 11.5 Å². The molecule has 65 heavy (non-hydrogen) atoms. The van der Waals surface area contributed by atoms with E-state index >= 15 is 0 Å². The highest BCUT2D eigenvalue weighted by Crippen LogP contribution is 2.51. The number of pyridine rings is 1. The van der Waals surface area contributed by atoms with Crippen molar-refractivity contribution in [3.63, 3.8) is 0 Å². The number of fused-ring (bicyclic) bond motifs is 4. The number of hydrogen-bond acceptors (Lipinski definition) is 4. The molecule has 0 bridgehead atoms. The second kappa shape index (κ2) is 16.0. The van der Waals surface area contributed by atoms with Crippen LogP contribution in [0, 0.1) is 13.7 Å². The van der Waals surface area contributed by atoms with Crippen LogP contribution < -0.4 is 14.5 Å². The number of aryl methyl sites for hydroxylation is 2. The number of aromatic nitrogens is 2. The van der Waals surface area contributed by atoms with E-state index in [9.17, 15) is 5.48 Å². The summed E-state index contributed by atoms with van der Waals surface area (Å²) in [6.07, 6.45) is 1.47. The molecule has 5 heteroatoms. The summed E-state index contributed by atoms with van der Waals surface area (Å²) in [5, 5.41) is 1.79. The lowest BCUT2D eigenvalue weighted by Gasteiger charge is -2.28. The summed E-state index contributed by atoms with van der Waals surface area (Å²) in [6, 6.07) is 45.5. The zero-order valence-corrected chi connectivity index (χ0v) is 34.6. The molecular formula is C60H50N4O. The lowest BCUT2D eigenvalue weighted by molar-refractivity contribution is 0.483. The fourth-order valence-electron chi connectivity index (χ4n) is 8.76. The quantitative estimate of drug-likeness (QED) is 0.152. The fourth-order valence-corrected chi connectivity index (χ4v) is 8.76. The predicted molar refractivity (Wildman–Crippen MR) is 272 cm³/mol. The van der Waals surface area contributed by atoms with Gasteiger partial charge in [0.15, 0.2) is 0 Å². The lowest BCUT2D eigenvalue weighted by Crippen LogP contribution is -2.25. The normalized spacial score (nSPS) is 17.8. The maximum absolute atomic E-state index is 9.61. The summed E-state index contributed by atoms with van der Waals surface area (Å²) in [4.78, 5) is 8.36. The largest absolute Gasteiger partial charge is 0.457 e. The molecule has 0 aliphatic carbocycles. The average molecular weight is 862 g/mol. The minimum Gasteiger partial charge on any atom is -0.457 e. The Labute approximate surface area is 408 Å². The van der Waals surface area contributed by atoms with Gasteiger partial charge in [0, 0.05) is 66.5 Å². The Kier molecular flexibility index (Phi) is 5.98. The standard InChI is InChI=1S/C60H50N4O/c1-40-33-34-61-58(35-40)64-54-22-10-9-19-51(54)52-32-30-48(38-57(52)64)65-47-18-13-17-46(37-47)62-39-63(56-24-12-11-23-55(56)62)59-50(43-25-28-45(29-26-43)60(3,4)5)20-14-21-53(59)49-31-27-44(36-41(49)2)42-15-7-6-8-16-42/h6-38H,39H2,1-5H3/i1D3,2D3,3D3,4D3,5D3,25D,26D,28D,29D. The van der Waals surface area contributed by atoms with E-state index in [4.69, 9.17) is 25.3 Å². The highest BCUT2D eigenvalue weighted by atomic mass is 16.5. The van der Waals surface area contributed by atoms with Gasteiger partial charge in [0.2, 0.25) is 0 Å². The van der Waals surface area contributed by atoms with E-state index in [1.165, 1.54) is 18.3 Å². The van der Waals surface area contributed by atoms with Crippen molar-refractivity contribution >= 4 is 44.6 Å². The highest BCUT2D eigenvalue weighted by molar-refractivity contribution is 6.09. The van der Waals surface area contributed by atoms with Crippen LogP contribution >= 0.6 is 0 Å². The van der Waals surface area contributed by atoms with E-state index in [2.05, 4.69) is 4.98 Å². The van der Waals surface area contributed by atoms with Crippen LogP contribution in [-0.4, -0.2) is 16.2 Å². The zero-order chi connectivity index (χ0) is 60.2. The Morgan fingerprint density at radius 1 is 0.554 bits per heavy atom. The van der Waals surface area contributed by atoms with Crippen molar-refractivity contribution in [2.24, 2.45) is 0 Å². The Morgan fingerprint density at radius 2 is 1.31 bits per heavy atom. The van der Waals surface area contributed by atoms with Gasteiger partial charge in [-0.25, -0.2) is 4.98 Å². The number of para-hydroxylation sites is 4. The summed E-state index contributed by atoms with van der Waals surface area (Å²) >= 11 is 0. The predicted octanol–water partition coefficient (Wildman–Crippen LogP) is 16.1. The van der Waals surface area contributed by atoms with Crippen LogP contribution in [0.3, 0.4) is 0 Å². The molecule has 0 unspecified atom stereocenters. The molecule has 1 aliphatic heterocycles. The van der Waals surface area contributed by atoms with Gasteiger partial charge in [0.25, 0.3) is 0 Å². The molecule has 0 saturated heterocycles. The van der Waals surface area contributed by atoms with E-state index in [0.29, 0.717) is 45.5 Å². The van der Waals surface area contributed by atoms with E-state index < -0.39 is 75.0 Å². The zero-order valence-electron chi connectivity index (χ0n) is 53.6. The van der Waals surface area contributed by atoms with Gasteiger partial charge in [0.1, 0.15) is 24.0 Å². The SMILES string of the molecule is [2H]c1c([2H])c(C(C([2H])([2H])[2H])(C([2H])([2H])[2H])C([2H])([2H])[2H])c([2H])c([2H])c1-c1cccc(-c2ccc(-c3ccccc3)cc2C([2H])([2H])[2H])c1N1CN(c2cccc(Oc3ccc4c5ccccc5n(-c5cc(C([2H])([2H])[2H])ccn5)c4c3)c2)c2ccccc21. The minimum atomic E-state index is -3.91. The Balaban J connectivity index is 1.08. The number of ether oxygens (including phenoxy) is 1. The molecule has 0 N–H and O–H groups in total. The molecular weight excluding hydrogens is 793 g/mol. The third-order valence-corrected chi connectivity index (χ3v) is 11.7. The van der Waals surface area contributed by atoms with Crippen molar-refractivity contribution in [3.8, 4) is 50.7 Å². The van der Waals surface area contributed by atoms with Gasteiger partial charge in [-0.3, -0.25) is 4.57 Å². The maximum atomic E-state index is 9.61. The first-order valence-electron chi connectivity index (χ1n) is 30.4. The third-order valence-electron chi connectivity index (χ3n) is 11.7. The molecule has 2 aromatic heterocycles. The van der Waals surface area contributed by atoms with Gasteiger partial charge in [-0.05, 0) is 113 Å². The minimum absolute atomic E-state index is 0.0104. The molecule has 0 saturated carbocycles.